The summed E-state index contributed by atoms with van der Waals surface area (Å²) in [6.07, 6.45) is 2.26. The largest absolute Gasteiger partial charge is 0.494 e. The van der Waals surface area contributed by atoms with Gasteiger partial charge in [-0.3, -0.25) is 0 Å². The molecule has 0 radical (unpaired) electrons. The summed E-state index contributed by atoms with van der Waals surface area (Å²) in [5, 5.41) is 0. The van der Waals surface area contributed by atoms with E-state index in [1.54, 1.807) is 4.90 Å². The minimum Gasteiger partial charge on any atom is -0.494 e. The van der Waals surface area contributed by atoms with Crippen molar-refractivity contribution in [2.75, 3.05) is 46.1 Å². The molecule has 1 aliphatic rings. The summed E-state index contributed by atoms with van der Waals surface area (Å²) >= 11 is 0. The fraction of sp³-hybridized carbons (Fsp3) is 0.625. The van der Waals surface area contributed by atoms with Crippen LogP contribution in [0.25, 0.3) is 0 Å². The number of nitrogens with one attached hydrogen (secondary N) is 1. The van der Waals surface area contributed by atoms with Gasteiger partial charge in [0.05, 0.1) is 19.8 Å². The Bertz CT molecular complexity index is 360. The smallest absolute Gasteiger partial charge is 0.137 e. The van der Waals surface area contributed by atoms with Gasteiger partial charge in [-0.15, -0.1) is 0 Å². The van der Waals surface area contributed by atoms with E-state index < -0.39 is 0 Å². The zero-order valence-electron chi connectivity index (χ0n) is 12.4. The van der Waals surface area contributed by atoms with Gasteiger partial charge in [0.1, 0.15) is 37.7 Å². The summed E-state index contributed by atoms with van der Waals surface area (Å²) < 4.78 is 16.7. The first-order chi connectivity index (χ1) is 9.88. The predicted octanol–water partition coefficient (Wildman–Crippen LogP) is 1.16. The average molecular weight is 280 g/mol. The highest BCUT2D eigenvalue weighted by molar-refractivity contribution is 5.31. The minimum atomic E-state index is 0.755. The van der Waals surface area contributed by atoms with Gasteiger partial charge in [-0.1, -0.05) is 13.3 Å². The van der Waals surface area contributed by atoms with Crippen LogP contribution in [0.5, 0.6) is 11.5 Å². The fourth-order valence-electron chi connectivity index (χ4n) is 2.19. The highest BCUT2D eigenvalue weighted by Gasteiger charge is 2.13. The lowest BCUT2D eigenvalue weighted by atomic mass is 10.3. The van der Waals surface area contributed by atoms with Crippen LogP contribution in [0.4, 0.5) is 0 Å². The summed E-state index contributed by atoms with van der Waals surface area (Å²) in [5.74, 6) is 1.84. The van der Waals surface area contributed by atoms with Crippen LogP contribution in [-0.4, -0.2) is 46.1 Å². The molecule has 0 aromatic heterocycles. The van der Waals surface area contributed by atoms with Crippen LogP contribution in [0, 0.1) is 0 Å². The number of benzene rings is 1. The number of ether oxygens (including phenoxy) is 3. The number of rotatable bonds is 8. The van der Waals surface area contributed by atoms with Crippen molar-refractivity contribution in [3.8, 4) is 11.5 Å². The summed E-state index contributed by atoms with van der Waals surface area (Å²) in [5.41, 5.74) is 0. The molecule has 1 fully saturated rings. The molecule has 0 spiro atoms. The van der Waals surface area contributed by atoms with E-state index in [1.807, 2.05) is 24.3 Å². The quantitative estimate of drug-likeness (QED) is 0.725. The highest BCUT2D eigenvalue weighted by atomic mass is 16.5. The van der Waals surface area contributed by atoms with Gasteiger partial charge in [-0.2, -0.15) is 0 Å². The molecular weight excluding hydrogens is 254 g/mol. The number of unbranched alkanes of at least 4 members (excludes halogenated alkanes) is 1. The molecule has 4 heteroatoms. The Kier molecular flexibility index (Phi) is 6.68. The molecule has 0 amide bonds. The summed E-state index contributed by atoms with van der Waals surface area (Å²) in [6, 6.07) is 7.92. The molecule has 0 atom stereocenters. The van der Waals surface area contributed by atoms with E-state index in [-0.39, 0.29) is 0 Å². The first kappa shape index (κ1) is 15.1. The lowest BCUT2D eigenvalue weighted by Crippen LogP contribution is -3.14. The van der Waals surface area contributed by atoms with Gasteiger partial charge in [-0.25, -0.2) is 0 Å². The third-order valence-corrected chi connectivity index (χ3v) is 3.51. The SMILES string of the molecule is CCCCOc1ccc(OCC[NH+]2CCOCC2)cc1. The molecule has 1 N–H and O–H groups in total. The first-order valence-corrected chi connectivity index (χ1v) is 7.65. The molecule has 4 nitrogen and oxygen atoms in total. The molecule has 2 rings (SSSR count). The summed E-state index contributed by atoms with van der Waals surface area (Å²) in [4.78, 5) is 1.57. The second kappa shape index (κ2) is 8.82. The maximum atomic E-state index is 5.77. The highest BCUT2D eigenvalue weighted by Crippen LogP contribution is 2.17. The van der Waals surface area contributed by atoms with Crippen molar-refractivity contribution < 1.29 is 19.1 Å². The molecule has 1 heterocycles. The van der Waals surface area contributed by atoms with Crippen molar-refractivity contribution in [2.45, 2.75) is 19.8 Å². The van der Waals surface area contributed by atoms with Crippen LogP contribution in [0.2, 0.25) is 0 Å². The standard InChI is InChI=1S/C16H25NO3/c1-2-3-11-19-15-4-6-16(7-5-15)20-14-10-17-8-12-18-13-9-17/h4-7H,2-3,8-14H2,1H3/p+1. The molecule has 1 aromatic carbocycles. The maximum Gasteiger partial charge on any atom is 0.137 e. The molecule has 0 bridgehead atoms. The molecule has 1 aromatic rings. The molecule has 0 aliphatic carbocycles. The van der Waals surface area contributed by atoms with Crippen LogP contribution in [0.15, 0.2) is 24.3 Å². The average Bonchev–Trinajstić information content (AvgIpc) is 2.50. The van der Waals surface area contributed by atoms with Crippen LogP contribution in [-0.2, 0) is 4.74 Å². The molecule has 112 valence electrons. The Morgan fingerprint density at radius 1 is 1.00 bits per heavy atom. The van der Waals surface area contributed by atoms with Crippen molar-refractivity contribution in [3.63, 3.8) is 0 Å². The Labute approximate surface area is 121 Å². The Morgan fingerprint density at radius 3 is 2.20 bits per heavy atom. The maximum absolute atomic E-state index is 5.77. The number of hydrogen-bond acceptors (Lipinski definition) is 3. The zero-order chi connectivity index (χ0) is 14.0. The topological polar surface area (TPSA) is 32.1 Å². The van der Waals surface area contributed by atoms with E-state index in [9.17, 15) is 0 Å². The molecule has 0 saturated carbocycles. The van der Waals surface area contributed by atoms with Gasteiger partial charge in [-0.05, 0) is 30.7 Å². The van der Waals surface area contributed by atoms with Crippen molar-refractivity contribution >= 4 is 0 Å². The Balaban J connectivity index is 1.65. The number of quaternary nitrogens is 1. The molecule has 1 aliphatic heterocycles. The van der Waals surface area contributed by atoms with E-state index in [0.717, 1.165) is 70.4 Å². The fourth-order valence-corrected chi connectivity index (χ4v) is 2.19. The van der Waals surface area contributed by atoms with E-state index in [2.05, 4.69) is 6.92 Å². The van der Waals surface area contributed by atoms with Crippen LogP contribution in [0.1, 0.15) is 19.8 Å². The van der Waals surface area contributed by atoms with Crippen molar-refractivity contribution in [3.05, 3.63) is 24.3 Å². The van der Waals surface area contributed by atoms with Crippen molar-refractivity contribution in [1.82, 2.24) is 0 Å². The zero-order valence-corrected chi connectivity index (χ0v) is 12.4. The third-order valence-electron chi connectivity index (χ3n) is 3.51. The number of hydrogen-bond donors (Lipinski definition) is 1. The lowest BCUT2D eigenvalue weighted by molar-refractivity contribution is -0.908. The third kappa shape index (κ3) is 5.39. The Morgan fingerprint density at radius 2 is 1.60 bits per heavy atom. The van der Waals surface area contributed by atoms with Crippen LogP contribution < -0.4 is 14.4 Å². The van der Waals surface area contributed by atoms with Gasteiger partial charge in [0.2, 0.25) is 0 Å². The van der Waals surface area contributed by atoms with Gasteiger partial charge >= 0.3 is 0 Å². The van der Waals surface area contributed by atoms with E-state index in [0.29, 0.717) is 0 Å². The molecule has 0 unspecified atom stereocenters. The van der Waals surface area contributed by atoms with E-state index >= 15 is 0 Å². The van der Waals surface area contributed by atoms with Gasteiger partial charge in [0, 0.05) is 0 Å². The Hall–Kier alpha value is -1.26. The normalized spacial score (nSPS) is 16.1. The van der Waals surface area contributed by atoms with Crippen LogP contribution in [0.3, 0.4) is 0 Å². The summed E-state index contributed by atoms with van der Waals surface area (Å²) in [7, 11) is 0. The van der Waals surface area contributed by atoms with Gasteiger partial charge < -0.3 is 19.1 Å². The minimum absolute atomic E-state index is 0.755. The summed E-state index contributed by atoms with van der Waals surface area (Å²) in [6.45, 7) is 8.68. The first-order valence-electron chi connectivity index (χ1n) is 7.65. The second-order valence-electron chi connectivity index (χ2n) is 5.13. The molecule has 1 saturated heterocycles. The van der Waals surface area contributed by atoms with Gasteiger partial charge in [0.15, 0.2) is 0 Å². The second-order valence-corrected chi connectivity index (χ2v) is 5.13. The van der Waals surface area contributed by atoms with E-state index in [4.69, 9.17) is 14.2 Å². The monoisotopic (exact) mass is 280 g/mol. The molecular formula is C16H26NO3+. The van der Waals surface area contributed by atoms with E-state index in [1.165, 1.54) is 0 Å². The van der Waals surface area contributed by atoms with Crippen molar-refractivity contribution in [1.29, 1.82) is 0 Å². The number of morpholine rings is 1. The molecule has 20 heavy (non-hydrogen) atoms. The van der Waals surface area contributed by atoms with Crippen molar-refractivity contribution in [2.24, 2.45) is 0 Å². The lowest BCUT2D eigenvalue weighted by Gasteiger charge is -2.23. The predicted molar refractivity (Wildman–Crippen MR) is 78.7 cm³/mol. The van der Waals surface area contributed by atoms with Crippen LogP contribution >= 0.6 is 0 Å². The van der Waals surface area contributed by atoms with Gasteiger partial charge in [0.25, 0.3) is 0 Å².